The topological polar surface area (TPSA) is 74.8 Å². The van der Waals surface area contributed by atoms with Crippen molar-refractivity contribution >= 4 is 17.5 Å². The SMILES string of the molecule is COc1ccc(N2CCN(CC(=O)NCc3ccccn3)[C@@H](C)C2=O)cc1. The van der Waals surface area contributed by atoms with E-state index < -0.39 is 0 Å². The summed E-state index contributed by atoms with van der Waals surface area (Å²) < 4.78 is 5.16. The highest BCUT2D eigenvalue weighted by Gasteiger charge is 2.33. The highest BCUT2D eigenvalue weighted by Crippen LogP contribution is 2.23. The van der Waals surface area contributed by atoms with Gasteiger partial charge in [0.1, 0.15) is 5.75 Å². The lowest BCUT2D eigenvalue weighted by Crippen LogP contribution is -2.57. The molecule has 7 nitrogen and oxygen atoms in total. The van der Waals surface area contributed by atoms with Crippen molar-refractivity contribution in [2.45, 2.75) is 19.5 Å². The van der Waals surface area contributed by atoms with E-state index in [1.165, 1.54) is 0 Å². The van der Waals surface area contributed by atoms with Crippen LogP contribution >= 0.6 is 0 Å². The largest absolute Gasteiger partial charge is 0.497 e. The number of methoxy groups -OCH3 is 1. The van der Waals surface area contributed by atoms with Gasteiger partial charge in [0.15, 0.2) is 0 Å². The van der Waals surface area contributed by atoms with Gasteiger partial charge in [-0.25, -0.2) is 0 Å². The zero-order chi connectivity index (χ0) is 19.2. The molecule has 0 bridgehead atoms. The maximum Gasteiger partial charge on any atom is 0.244 e. The zero-order valence-corrected chi connectivity index (χ0v) is 15.6. The highest BCUT2D eigenvalue weighted by atomic mass is 16.5. The van der Waals surface area contributed by atoms with E-state index in [4.69, 9.17) is 4.74 Å². The lowest BCUT2D eigenvalue weighted by Gasteiger charge is -2.38. The average Bonchev–Trinajstić information content (AvgIpc) is 2.71. The lowest BCUT2D eigenvalue weighted by atomic mass is 10.1. The van der Waals surface area contributed by atoms with Crippen LogP contribution in [0.3, 0.4) is 0 Å². The van der Waals surface area contributed by atoms with Gasteiger partial charge in [-0.3, -0.25) is 19.5 Å². The molecule has 1 saturated heterocycles. The van der Waals surface area contributed by atoms with Gasteiger partial charge < -0.3 is 15.0 Å². The maximum atomic E-state index is 12.8. The Morgan fingerprint density at radius 2 is 2.00 bits per heavy atom. The van der Waals surface area contributed by atoms with Gasteiger partial charge in [-0.1, -0.05) is 6.07 Å². The van der Waals surface area contributed by atoms with Crippen molar-refractivity contribution in [1.29, 1.82) is 0 Å². The first kappa shape index (κ1) is 18.8. The van der Waals surface area contributed by atoms with Crippen LogP contribution in [0.5, 0.6) is 5.75 Å². The molecule has 1 aromatic carbocycles. The maximum absolute atomic E-state index is 12.8. The number of benzene rings is 1. The van der Waals surface area contributed by atoms with Gasteiger partial charge in [-0.15, -0.1) is 0 Å². The summed E-state index contributed by atoms with van der Waals surface area (Å²) in [6.45, 7) is 3.59. The third-order valence-corrected chi connectivity index (χ3v) is 4.71. The van der Waals surface area contributed by atoms with Crippen molar-refractivity contribution in [1.82, 2.24) is 15.2 Å². The van der Waals surface area contributed by atoms with Crippen LogP contribution in [0.2, 0.25) is 0 Å². The van der Waals surface area contributed by atoms with Gasteiger partial charge >= 0.3 is 0 Å². The van der Waals surface area contributed by atoms with Gasteiger partial charge in [-0.05, 0) is 43.3 Å². The zero-order valence-electron chi connectivity index (χ0n) is 15.6. The number of piperazine rings is 1. The van der Waals surface area contributed by atoms with Crippen molar-refractivity contribution < 1.29 is 14.3 Å². The molecule has 0 radical (unpaired) electrons. The third kappa shape index (κ3) is 4.62. The first-order valence-electron chi connectivity index (χ1n) is 8.94. The molecule has 2 aromatic rings. The summed E-state index contributed by atoms with van der Waals surface area (Å²) in [6, 6.07) is 12.6. The van der Waals surface area contributed by atoms with Crippen molar-refractivity contribution in [3.8, 4) is 5.75 Å². The summed E-state index contributed by atoms with van der Waals surface area (Å²) in [5, 5.41) is 2.86. The molecule has 1 fully saturated rings. The number of amides is 2. The van der Waals surface area contributed by atoms with E-state index in [1.54, 1.807) is 18.2 Å². The number of carbonyl (C=O) groups is 2. The number of pyridine rings is 1. The number of aromatic nitrogens is 1. The molecule has 2 heterocycles. The standard InChI is InChI=1S/C20H24N4O3/c1-15-20(26)24(17-6-8-18(27-2)9-7-17)12-11-23(15)14-19(25)22-13-16-5-3-4-10-21-16/h3-10,15H,11-14H2,1-2H3,(H,22,25)/t15-/m0/s1. The summed E-state index contributed by atoms with van der Waals surface area (Å²) in [6.07, 6.45) is 1.70. The molecular formula is C20H24N4O3. The van der Waals surface area contributed by atoms with E-state index >= 15 is 0 Å². The van der Waals surface area contributed by atoms with Crippen molar-refractivity contribution in [2.75, 3.05) is 31.6 Å². The van der Waals surface area contributed by atoms with Crippen LogP contribution in [0.25, 0.3) is 0 Å². The fraction of sp³-hybridized carbons (Fsp3) is 0.350. The number of hydrogen-bond donors (Lipinski definition) is 1. The normalized spacial score (nSPS) is 17.6. The van der Waals surface area contributed by atoms with Crippen LogP contribution in [0.4, 0.5) is 5.69 Å². The highest BCUT2D eigenvalue weighted by molar-refractivity contribution is 5.98. The molecule has 1 aliphatic rings. The Hall–Kier alpha value is -2.93. The Morgan fingerprint density at radius 3 is 2.67 bits per heavy atom. The molecule has 0 saturated carbocycles. The van der Waals surface area contributed by atoms with Gasteiger partial charge in [-0.2, -0.15) is 0 Å². The fourth-order valence-electron chi connectivity index (χ4n) is 3.08. The lowest BCUT2D eigenvalue weighted by molar-refractivity contribution is -0.128. The second-order valence-corrected chi connectivity index (χ2v) is 6.43. The van der Waals surface area contributed by atoms with Crippen LogP contribution in [0.1, 0.15) is 12.6 Å². The minimum Gasteiger partial charge on any atom is -0.497 e. The second kappa shape index (κ2) is 8.64. The molecule has 1 aliphatic heterocycles. The quantitative estimate of drug-likeness (QED) is 0.835. The molecule has 142 valence electrons. The van der Waals surface area contributed by atoms with E-state index in [2.05, 4.69) is 10.3 Å². The number of hydrogen-bond acceptors (Lipinski definition) is 5. The molecule has 3 rings (SSSR count). The fourth-order valence-corrected chi connectivity index (χ4v) is 3.08. The van der Waals surface area contributed by atoms with E-state index in [9.17, 15) is 9.59 Å². The predicted molar refractivity (Wildman–Crippen MR) is 102 cm³/mol. The third-order valence-electron chi connectivity index (χ3n) is 4.71. The van der Waals surface area contributed by atoms with Crippen LogP contribution in [-0.2, 0) is 16.1 Å². The van der Waals surface area contributed by atoms with Gasteiger partial charge in [0.2, 0.25) is 11.8 Å². The van der Waals surface area contributed by atoms with Crippen LogP contribution in [0.15, 0.2) is 48.7 Å². The molecule has 0 spiro atoms. The summed E-state index contributed by atoms with van der Waals surface area (Å²) in [5.41, 5.74) is 1.64. The second-order valence-electron chi connectivity index (χ2n) is 6.43. The van der Waals surface area contributed by atoms with Crippen LogP contribution < -0.4 is 15.0 Å². The van der Waals surface area contributed by atoms with E-state index in [-0.39, 0.29) is 24.4 Å². The van der Waals surface area contributed by atoms with Gasteiger partial charge in [0, 0.05) is 25.0 Å². The van der Waals surface area contributed by atoms with Crippen molar-refractivity contribution in [3.05, 3.63) is 54.4 Å². The van der Waals surface area contributed by atoms with Crippen LogP contribution in [-0.4, -0.2) is 54.5 Å². The first-order valence-corrected chi connectivity index (χ1v) is 8.94. The minimum absolute atomic E-state index is 0.0102. The molecule has 0 aliphatic carbocycles. The Bertz CT molecular complexity index is 780. The summed E-state index contributed by atoms with van der Waals surface area (Å²) >= 11 is 0. The number of nitrogens with one attached hydrogen (secondary N) is 1. The summed E-state index contributed by atoms with van der Waals surface area (Å²) in [7, 11) is 1.61. The van der Waals surface area contributed by atoms with Gasteiger partial charge in [0.05, 0.1) is 31.9 Å². The van der Waals surface area contributed by atoms with E-state index in [0.29, 0.717) is 19.6 Å². The molecule has 2 amide bonds. The minimum atomic E-state index is -0.360. The average molecular weight is 368 g/mol. The van der Waals surface area contributed by atoms with Crippen molar-refractivity contribution in [2.24, 2.45) is 0 Å². The van der Waals surface area contributed by atoms with E-state index in [0.717, 1.165) is 17.1 Å². The monoisotopic (exact) mass is 368 g/mol. The summed E-state index contributed by atoms with van der Waals surface area (Å²) in [5.74, 6) is 0.629. The Balaban J connectivity index is 1.55. The smallest absolute Gasteiger partial charge is 0.244 e. The number of rotatable bonds is 6. The Labute approximate surface area is 158 Å². The Kier molecular flexibility index (Phi) is 6.03. The van der Waals surface area contributed by atoms with Crippen molar-refractivity contribution in [3.63, 3.8) is 0 Å². The molecule has 7 heteroatoms. The number of nitrogens with zero attached hydrogens (tertiary/aromatic N) is 3. The van der Waals surface area contributed by atoms with Gasteiger partial charge in [0.25, 0.3) is 0 Å². The molecule has 1 aromatic heterocycles. The number of carbonyl (C=O) groups excluding carboxylic acids is 2. The summed E-state index contributed by atoms with van der Waals surface area (Å²) in [4.78, 5) is 32.8. The molecular weight excluding hydrogens is 344 g/mol. The van der Waals surface area contributed by atoms with E-state index in [1.807, 2.05) is 54.3 Å². The molecule has 1 atom stereocenters. The first-order chi connectivity index (χ1) is 13.1. The predicted octanol–water partition coefficient (Wildman–Crippen LogP) is 1.44. The number of anilines is 1. The molecule has 0 unspecified atom stereocenters. The molecule has 1 N–H and O–H groups in total. The number of ether oxygens (including phenoxy) is 1. The Morgan fingerprint density at radius 1 is 1.22 bits per heavy atom. The van der Waals surface area contributed by atoms with Crippen LogP contribution in [0, 0.1) is 0 Å². The molecule has 27 heavy (non-hydrogen) atoms.